The lowest BCUT2D eigenvalue weighted by Crippen LogP contribution is -2.25. The predicted octanol–water partition coefficient (Wildman–Crippen LogP) is 2.87. The van der Waals surface area contributed by atoms with E-state index in [4.69, 9.17) is 4.98 Å². The van der Waals surface area contributed by atoms with Crippen molar-refractivity contribution in [3.8, 4) is 0 Å². The van der Waals surface area contributed by atoms with Crippen molar-refractivity contribution in [2.75, 3.05) is 43.5 Å². The van der Waals surface area contributed by atoms with Crippen LogP contribution >= 0.6 is 0 Å². The summed E-state index contributed by atoms with van der Waals surface area (Å²) in [6.45, 7) is 4.17. The summed E-state index contributed by atoms with van der Waals surface area (Å²) in [6, 6.07) is 6.89. The summed E-state index contributed by atoms with van der Waals surface area (Å²) in [6.07, 6.45) is 8.76. The highest BCUT2D eigenvalue weighted by Gasteiger charge is 2.27. The zero-order valence-corrected chi connectivity index (χ0v) is 15.8. The molecule has 0 amide bonds. The van der Waals surface area contributed by atoms with E-state index < -0.39 is 0 Å². The van der Waals surface area contributed by atoms with Crippen LogP contribution in [0.4, 0.5) is 11.8 Å². The van der Waals surface area contributed by atoms with Gasteiger partial charge in [0, 0.05) is 52.2 Å². The molecule has 0 N–H and O–H groups in total. The maximum absolute atomic E-state index is 4.84. The van der Waals surface area contributed by atoms with E-state index in [1.54, 1.807) is 0 Å². The second kappa shape index (κ2) is 7.58. The number of hydrogen-bond acceptors (Lipinski definition) is 6. The van der Waals surface area contributed by atoms with Crippen LogP contribution in [0.3, 0.4) is 0 Å². The average Bonchev–Trinajstić information content (AvgIpc) is 3.34. The van der Waals surface area contributed by atoms with Gasteiger partial charge in [-0.1, -0.05) is 0 Å². The van der Waals surface area contributed by atoms with E-state index in [0.29, 0.717) is 6.04 Å². The van der Waals surface area contributed by atoms with Crippen LogP contribution in [0.15, 0.2) is 30.6 Å². The second-order valence-electron chi connectivity index (χ2n) is 7.51. The Morgan fingerprint density at radius 1 is 1.04 bits per heavy atom. The van der Waals surface area contributed by atoms with Gasteiger partial charge in [0.1, 0.15) is 5.82 Å². The molecule has 1 atom stereocenters. The summed E-state index contributed by atoms with van der Waals surface area (Å²) in [5, 5.41) is 0. The van der Waals surface area contributed by atoms with Crippen molar-refractivity contribution >= 4 is 11.8 Å². The van der Waals surface area contributed by atoms with Gasteiger partial charge >= 0.3 is 0 Å². The molecule has 0 unspecified atom stereocenters. The maximum atomic E-state index is 4.84. The molecule has 2 aliphatic heterocycles. The largest absolute Gasteiger partial charge is 0.363 e. The smallest absolute Gasteiger partial charge is 0.225 e. The van der Waals surface area contributed by atoms with Gasteiger partial charge in [-0.2, -0.15) is 0 Å². The van der Waals surface area contributed by atoms with E-state index in [9.17, 15) is 0 Å². The Morgan fingerprint density at radius 2 is 1.85 bits per heavy atom. The highest BCUT2D eigenvalue weighted by molar-refractivity contribution is 5.40. The minimum Gasteiger partial charge on any atom is -0.363 e. The van der Waals surface area contributed by atoms with E-state index in [0.717, 1.165) is 43.6 Å². The molecule has 0 radical (unpaired) electrons. The minimum atomic E-state index is 0.446. The predicted molar refractivity (Wildman–Crippen MR) is 104 cm³/mol. The molecule has 6 nitrogen and oxygen atoms in total. The van der Waals surface area contributed by atoms with Crippen molar-refractivity contribution in [3.63, 3.8) is 0 Å². The fourth-order valence-corrected chi connectivity index (χ4v) is 4.03. The van der Waals surface area contributed by atoms with Crippen LogP contribution in [0.2, 0.25) is 0 Å². The molecule has 2 fully saturated rings. The molecule has 138 valence electrons. The third kappa shape index (κ3) is 3.65. The number of rotatable bonds is 5. The van der Waals surface area contributed by atoms with E-state index in [1.807, 2.05) is 26.5 Å². The fourth-order valence-electron chi connectivity index (χ4n) is 4.03. The summed E-state index contributed by atoms with van der Waals surface area (Å²) < 4.78 is 0. The van der Waals surface area contributed by atoms with Crippen LogP contribution in [0.25, 0.3) is 0 Å². The van der Waals surface area contributed by atoms with Crippen LogP contribution < -0.4 is 9.80 Å². The first-order chi connectivity index (χ1) is 12.7. The molecule has 0 bridgehead atoms. The first-order valence-electron chi connectivity index (χ1n) is 9.65. The van der Waals surface area contributed by atoms with Crippen LogP contribution in [-0.2, 0) is 6.54 Å². The molecule has 0 saturated carbocycles. The van der Waals surface area contributed by atoms with Crippen LogP contribution in [0, 0.1) is 0 Å². The van der Waals surface area contributed by atoms with E-state index in [2.05, 4.69) is 42.9 Å². The minimum absolute atomic E-state index is 0.446. The third-order valence-corrected chi connectivity index (χ3v) is 5.43. The summed E-state index contributed by atoms with van der Waals surface area (Å²) in [5.74, 6) is 1.92. The van der Waals surface area contributed by atoms with E-state index in [-0.39, 0.29) is 0 Å². The van der Waals surface area contributed by atoms with Gasteiger partial charge in [0.25, 0.3) is 0 Å². The number of nitrogens with zero attached hydrogens (tertiary/aromatic N) is 6. The number of aromatic nitrogens is 3. The average molecular weight is 352 g/mol. The number of anilines is 2. The quantitative estimate of drug-likeness (QED) is 0.825. The molecule has 2 aliphatic rings. The molecule has 0 spiro atoms. The van der Waals surface area contributed by atoms with E-state index in [1.165, 1.54) is 31.2 Å². The van der Waals surface area contributed by atoms with E-state index >= 15 is 0 Å². The van der Waals surface area contributed by atoms with Crippen molar-refractivity contribution in [1.29, 1.82) is 0 Å². The number of pyridine rings is 1. The van der Waals surface area contributed by atoms with Crippen molar-refractivity contribution in [2.45, 2.75) is 38.3 Å². The van der Waals surface area contributed by atoms with Crippen molar-refractivity contribution in [3.05, 3.63) is 41.9 Å². The highest BCUT2D eigenvalue weighted by atomic mass is 15.3. The Morgan fingerprint density at radius 3 is 2.65 bits per heavy atom. The summed E-state index contributed by atoms with van der Waals surface area (Å²) in [7, 11) is 4.08. The summed E-state index contributed by atoms with van der Waals surface area (Å²) in [5.41, 5.74) is 2.48. The molecule has 4 rings (SSSR count). The zero-order valence-electron chi connectivity index (χ0n) is 15.8. The van der Waals surface area contributed by atoms with Gasteiger partial charge in [0.15, 0.2) is 0 Å². The zero-order chi connectivity index (χ0) is 17.9. The Labute approximate surface area is 155 Å². The first-order valence-corrected chi connectivity index (χ1v) is 9.65. The number of hydrogen-bond donors (Lipinski definition) is 0. The Bertz CT molecular complexity index is 741. The fraction of sp³-hybridized carbons (Fsp3) is 0.550. The molecule has 6 heteroatoms. The van der Waals surface area contributed by atoms with Gasteiger partial charge in [-0.3, -0.25) is 4.90 Å². The van der Waals surface area contributed by atoms with Gasteiger partial charge in [-0.05, 0) is 56.0 Å². The van der Waals surface area contributed by atoms with Gasteiger partial charge in [-0.15, -0.1) is 0 Å². The summed E-state index contributed by atoms with van der Waals surface area (Å²) >= 11 is 0. The molecule has 2 aromatic rings. The monoisotopic (exact) mass is 352 g/mol. The molecule has 26 heavy (non-hydrogen) atoms. The van der Waals surface area contributed by atoms with Gasteiger partial charge in [0.05, 0.1) is 5.69 Å². The third-order valence-electron chi connectivity index (χ3n) is 5.43. The van der Waals surface area contributed by atoms with Crippen molar-refractivity contribution in [1.82, 2.24) is 19.9 Å². The lowest BCUT2D eigenvalue weighted by Gasteiger charge is -2.25. The molecule has 2 saturated heterocycles. The molecule has 4 heterocycles. The number of likely N-dealkylation sites (tertiary alicyclic amines) is 1. The summed E-state index contributed by atoms with van der Waals surface area (Å²) in [4.78, 5) is 20.7. The highest BCUT2D eigenvalue weighted by Crippen LogP contribution is 2.34. The Hall–Kier alpha value is -2.21. The Kier molecular flexibility index (Phi) is 5.02. The van der Waals surface area contributed by atoms with Crippen molar-refractivity contribution < 1.29 is 0 Å². The normalized spacial score (nSPS) is 20.7. The second-order valence-corrected chi connectivity index (χ2v) is 7.51. The van der Waals surface area contributed by atoms with Crippen molar-refractivity contribution in [2.24, 2.45) is 0 Å². The molecule has 0 aliphatic carbocycles. The van der Waals surface area contributed by atoms with Crippen LogP contribution in [-0.4, -0.2) is 53.6 Å². The van der Waals surface area contributed by atoms with Crippen LogP contribution in [0.1, 0.15) is 43.0 Å². The SMILES string of the molecule is CN(C)c1cc([C@@H]2CCCN2Cc2ccnc(N3CCCC3)n2)ccn1. The molecular formula is C20H28N6. The van der Waals surface area contributed by atoms with Gasteiger partial charge in [-0.25, -0.2) is 15.0 Å². The molecule has 2 aromatic heterocycles. The lowest BCUT2D eigenvalue weighted by molar-refractivity contribution is 0.245. The van der Waals surface area contributed by atoms with Gasteiger partial charge < -0.3 is 9.80 Å². The molecule has 0 aromatic carbocycles. The van der Waals surface area contributed by atoms with Gasteiger partial charge in [0.2, 0.25) is 5.95 Å². The standard InChI is InChI=1S/C20H28N6/c1-24(2)19-14-16(7-9-21-19)18-6-5-13-26(18)15-17-8-10-22-20(23-17)25-11-3-4-12-25/h7-10,14,18H,3-6,11-13,15H2,1-2H3/t18-/m0/s1. The lowest BCUT2D eigenvalue weighted by atomic mass is 10.1. The Balaban J connectivity index is 1.50. The topological polar surface area (TPSA) is 48.4 Å². The van der Waals surface area contributed by atoms with Crippen LogP contribution in [0.5, 0.6) is 0 Å². The molecular weight excluding hydrogens is 324 g/mol. The first kappa shape index (κ1) is 17.2. The maximum Gasteiger partial charge on any atom is 0.225 e.